The zero-order valence-corrected chi connectivity index (χ0v) is 14.1. The van der Waals surface area contributed by atoms with Crippen molar-refractivity contribution in [2.24, 2.45) is 0 Å². The van der Waals surface area contributed by atoms with Gasteiger partial charge in [-0.15, -0.1) is 0 Å². The van der Waals surface area contributed by atoms with E-state index in [1.165, 1.54) is 0 Å². The number of benzene rings is 1. The minimum atomic E-state index is 0.547. The van der Waals surface area contributed by atoms with E-state index in [4.69, 9.17) is 4.74 Å². The molecule has 1 N–H and O–H groups in total. The van der Waals surface area contributed by atoms with Crippen LogP contribution in [0.4, 0.5) is 0 Å². The number of halogens is 1. The van der Waals surface area contributed by atoms with Crippen LogP contribution in [0.2, 0.25) is 0 Å². The highest BCUT2D eigenvalue weighted by molar-refractivity contribution is 9.10. The third-order valence-electron chi connectivity index (χ3n) is 3.16. The molecule has 112 valence electrons. The van der Waals surface area contributed by atoms with Crippen molar-refractivity contribution in [1.82, 2.24) is 10.3 Å². The van der Waals surface area contributed by atoms with E-state index in [0.717, 1.165) is 46.6 Å². The molecule has 1 heterocycles. The number of nitrogens with zero attached hydrogens (tertiary/aromatic N) is 1. The molecule has 2 aromatic rings. The predicted octanol–water partition coefficient (Wildman–Crippen LogP) is 4.23. The lowest BCUT2D eigenvalue weighted by molar-refractivity contribution is 0.300. The molecule has 2 rings (SSSR count). The maximum absolute atomic E-state index is 6.01. The molecule has 0 aliphatic rings. The highest BCUT2D eigenvalue weighted by Crippen LogP contribution is 2.22. The summed E-state index contributed by atoms with van der Waals surface area (Å²) >= 11 is 3.55. The number of rotatable bonds is 7. The van der Waals surface area contributed by atoms with E-state index in [-0.39, 0.29) is 0 Å². The van der Waals surface area contributed by atoms with Gasteiger partial charge >= 0.3 is 0 Å². The fourth-order valence-electron chi connectivity index (χ4n) is 2.00. The first-order valence-electron chi connectivity index (χ1n) is 7.23. The molecule has 0 unspecified atom stereocenters. The van der Waals surface area contributed by atoms with Crippen molar-refractivity contribution in [1.29, 1.82) is 0 Å². The van der Waals surface area contributed by atoms with Crippen LogP contribution in [0, 0.1) is 6.92 Å². The average molecular weight is 349 g/mol. The fourth-order valence-corrected chi connectivity index (χ4v) is 2.40. The molecule has 0 spiro atoms. The predicted molar refractivity (Wildman–Crippen MR) is 89.4 cm³/mol. The lowest BCUT2D eigenvalue weighted by atomic mass is 10.2. The van der Waals surface area contributed by atoms with Gasteiger partial charge in [-0.05, 0) is 26.0 Å². The van der Waals surface area contributed by atoms with Gasteiger partial charge in [0.25, 0.3) is 0 Å². The van der Waals surface area contributed by atoms with E-state index >= 15 is 0 Å². The second-order valence-corrected chi connectivity index (χ2v) is 5.84. The van der Waals surface area contributed by atoms with Crippen molar-refractivity contribution in [2.45, 2.75) is 33.4 Å². The van der Waals surface area contributed by atoms with E-state index in [0.29, 0.717) is 6.61 Å². The molecule has 4 heteroatoms. The summed E-state index contributed by atoms with van der Waals surface area (Å²) in [5.74, 6) is 0.904. The molecule has 0 atom stereocenters. The first-order valence-corrected chi connectivity index (χ1v) is 8.02. The van der Waals surface area contributed by atoms with Crippen LogP contribution in [0.5, 0.6) is 5.75 Å². The third-order valence-corrected chi connectivity index (χ3v) is 3.94. The summed E-state index contributed by atoms with van der Waals surface area (Å²) in [6.45, 7) is 6.47. The Kier molecular flexibility index (Phi) is 6.21. The molecular weight excluding hydrogens is 328 g/mol. The standard InChI is InChI=1S/C17H21BrN2O/c1-3-8-19-10-15-11-20-13(2)9-17(15)21-12-14-6-4-5-7-16(14)18/h4-7,9,11,19H,3,8,10,12H2,1-2H3. The quantitative estimate of drug-likeness (QED) is 0.760. The lowest BCUT2D eigenvalue weighted by Crippen LogP contribution is -2.15. The molecular formula is C17H21BrN2O. The molecule has 0 aliphatic carbocycles. The van der Waals surface area contributed by atoms with Crippen molar-refractivity contribution in [3.63, 3.8) is 0 Å². The van der Waals surface area contributed by atoms with E-state index in [1.54, 1.807) is 0 Å². The number of nitrogens with one attached hydrogen (secondary N) is 1. The third kappa shape index (κ3) is 4.83. The summed E-state index contributed by atoms with van der Waals surface area (Å²) in [7, 11) is 0. The normalized spacial score (nSPS) is 10.6. The summed E-state index contributed by atoms with van der Waals surface area (Å²) in [6.07, 6.45) is 3.01. The van der Waals surface area contributed by atoms with E-state index in [9.17, 15) is 0 Å². The Morgan fingerprint density at radius 2 is 2.05 bits per heavy atom. The summed E-state index contributed by atoms with van der Waals surface area (Å²) < 4.78 is 7.08. The molecule has 0 bridgehead atoms. The van der Waals surface area contributed by atoms with Gasteiger partial charge in [0.2, 0.25) is 0 Å². The number of hydrogen-bond donors (Lipinski definition) is 1. The van der Waals surface area contributed by atoms with Crippen molar-refractivity contribution in [3.8, 4) is 5.75 Å². The summed E-state index contributed by atoms with van der Waals surface area (Å²) in [5, 5.41) is 3.39. The van der Waals surface area contributed by atoms with Crippen LogP contribution in [0.15, 0.2) is 41.0 Å². The van der Waals surface area contributed by atoms with Crippen LogP contribution in [-0.4, -0.2) is 11.5 Å². The van der Waals surface area contributed by atoms with Gasteiger partial charge in [-0.2, -0.15) is 0 Å². The molecule has 0 radical (unpaired) electrons. The Bertz CT molecular complexity index is 587. The highest BCUT2D eigenvalue weighted by atomic mass is 79.9. The topological polar surface area (TPSA) is 34.2 Å². The molecule has 0 saturated carbocycles. The van der Waals surface area contributed by atoms with Gasteiger partial charge in [-0.25, -0.2) is 0 Å². The van der Waals surface area contributed by atoms with Gasteiger partial charge in [0.05, 0.1) is 0 Å². The zero-order valence-electron chi connectivity index (χ0n) is 12.5. The molecule has 1 aromatic heterocycles. The average Bonchev–Trinajstić information content (AvgIpc) is 2.48. The summed E-state index contributed by atoms with van der Waals surface area (Å²) in [6, 6.07) is 10.1. The number of aromatic nitrogens is 1. The van der Waals surface area contributed by atoms with Crippen molar-refractivity contribution in [3.05, 3.63) is 57.8 Å². The smallest absolute Gasteiger partial charge is 0.127 e. The van der Waals surface area contributed by atoms with Gasteiger partial charge < -0.3 is 10.1 Å². The minimum Gasteiger partial charge on any atom is -0.488 e. The largest absolute Gasteiger partial charge is 0.488 e. The maximum atomic E-state index is 6.01. The van der Waals surface area contributed by atoms with Crippen molar-refractivity contribution < 1.29 is 4.74 Å². The summed E-state index contributed by atoms with van der Waals surface area (Å²) in [5.41, 5.74) is 3.21. The molecule has 0 aliphatic heterocycles. The van der Waals surface area contributed by atoms with Crippen LogP contribution in [0.3, 0.4) is 0 Å². The Balaban J connectivity index is 2.07. The fraction of sp³-hybridized carbons (Fsp3) is 0.353. The highest BCUT2D eigenvalue weighted by Gasteiger charge is 2.06. The number of aryl methyl sites for hydroxylation is 1. The molecule has 0 amide bonds. The molecule has 1 aromatic carbocycles. The Morgan fingerprint density at radius 1 is 1.24 bits per heavy atom. The summed E-state index contributed by atoms with van der Waals surface area (Å²) in [4.78, 5) is 4.36. The number of ether oxygens (including phenoxy) is 1. The van der Waals surface area contributed by atoms with Crippen LogP contribution in [-0.2, 0) is 13.2 Å². The molecule has 0 saturated heterocycles. The lowest BCUT2D eigenvalue weighted by Gasteiger charge is -2.13. The Labute approximate surface area is 134 Å². The monoisotopic (exact) mass is 348 g/mol. The Hall–Kier alpha value is -1.39. The van der Waals surface area contributed by atoms with Gasteiger partial charge in [-0.1, -0.05) is 41.1 Å². The molecule has 0 fully saturated rings. The first kappa shape index (κ1) is 16.0. The van der Waals surface area contributed by atoms with Crippen LogP contribution >= 0.6 is 15.9 Å². The van der Waals surface area contributed by atoms with E-state index < -0.39 is 0 Å². The minimum absolute atomic E-state index is 0.547. The van der Waals surface area contributed by atoms with Crippen molar-refractivity contribution in [2.75, 3.05) is 6.54 Å². The van der Waals surface area contributed by atoms with E-state index in [1.807, 2.05) is 37.4 Å². The van der Waals surface area contributed by atoms with Gasteiger partial charge in [0.1, 0.15) is 12.4 Å². The molecule has 21 heavy (non-hydrogen) atoms. The van der Waals surface area contributed by atoms with Crippen LogP contribution < -0.4 is 10.1 Å². The maximum Gasteiger partial charge on any atom is 0.127 e. The molecule has 3 nitrogen and oxygen atoms in total. The van der Waals surface area contributed by atoms with E-state index in [2.05, 4.69) is 39.2 Å². The first-order chi connectivity index (χ1) is 10.2. The number of pyridine rings is 1. The SMILES string of the molecule is CCCNCc1cnc(C)cc1OCc1ccccc1Br. The van der Waals surface area contributed by atoms with Gasteiger partial charge in [0.15, 0.2) is 0 Å². The second-order valence-electron chi connectivity index (χ2n) is 4.99. The van der Waals surface area contributed by atoms with Crippen LogP contribution in [0.1, 0.15) is 30.2 Å². The van der Waals surface area contributed by atoms with Crippen molar-refractivity contribution >= 4 is 15.9 Å². The Morgan fingerprint density at radius 3 is 2.81 bits per heavy atom. The van der Waals surface area contributed by atoms with Gasteiger partial charge in [-0.3, -0.25) is 4.98 Å². The van der Waals surface area contributed by atoms with Crippen LogP contribution in [0.25, 0.3) is 0 Å². The second kappa shape index (κ2) is 8.15. The van der Waals surface area contributed by atoms with Gasteiger partial charge in [0, 0.05) is 40.1 Å². The number of hydrogen-bond acceptors (Lipinski definition) is 3. The zero-order chi connectivity index (χ0) is 15.1.